The molecule has 0 spiro atoms. The van der Waals surface area contributed by atoms with Crippen molar-refractivity contribution >= 4 is 33.3 Å². The molecule has 2 aromatic rings. The second kappa shape index (κ2) is 6.22. The smallest absolute Gasteiger partial charge is 0.151 e. The number of rotatable bonds is 6. The van der Waals surface area contributed by atoms with Crippen LogP contribution in [0.2, 0.25) is 0 Å². The number of fused-ring (bicyclic) bond motifs is 1. The number of nitrogens with zero attached hydrogens (tertiary/aromatic N) is 1. The first kappa shape index (κ1) is 14.8. The Kier molecular flexibility index (Phi) is 4.84. The minimum Gasteiger partial charge on any atom is -0.394 e. The SMILES string of the molecule is CC(C)NC(C)(CO)CSc1nc2ccccc2s1. The number of para-hydroxylation sites is 1. The molecule has 2 N–H and O–H groups in total. The Bertz CT molecular complexity index is 508. The molecule has 1 unspecified atom stereocenters. The maximum atomic E-state index is 9.56. The van der Waals surface area contributed by atoms with E-state index >= 15 is 0 Å². The average molecular weight is 296 g/mol. The minimum absolute atomic E-state index is 0.128. The number of aliphatic hydroxyl groups is 1. The Labute approximate surface area is 122 Å². The number of thioether (sulfide) groups is 1. The van der Waals surface area contributed by atoms with Gasteiger partial charge in [0.05, 0.1) is 16.8 Å². The molecule has 1 heterocycles. The van der Waals surface area contributed by atoms with Crippen LogP contribution in [0.15, 0.2) is 28.6 Å². The molecule has 0 bridgehead atoms. The molecule has 3 nitrogen and oxygen atoms in total. The summed E-state index contributed by atoms with van der Waals surface area (Å²) in [7, 11) is 0. The summed E-state index contributed by atoms with van der Waals surface area (Å²) in [4.78, 5) is 4.60. The van der Waals surface area contributed by atoms with Crippen LogP contribution < -0.4 is 5.32 Å². The highest BCUT2D eigenvalue weighted by atomic mass is 32.2. The van der Waals surface area contributed by atoms with Crippen LogP contribution in [0.4, 0.5) is 0 Å². The number of benzene rings is 1. The van der Waals surface area contributed by atoms with Gasteiger partial charge in [0.1, 0.15) is 0 Å². The van der Waals surface area contributed by atoms with Gasteiger partial charge in [0.25, 0.3) is 0 Å². The van der Waals surface area contributed by atoms with E-state index in [1.54, 1.807) is 23.1 Å². The molecule has 0 saturated carbocycles. The second-order valence-corrected chi connectivity index (χ2v) is 7.51. The van der Waals surface area contributed by atoms with Crippen molar-refractivity contribution in [3.05, 3.63) is 24.3 Å². The predicted octanol–water partition coefficient (Wildman–Crippen LogP) is 3.14. The van der Waals surface area contributed by atoms with Crippen LogP contribution in [-0.4, -0.2) is 34.0 Å². The summed E-state index contributed by atoms with van der Waals surface area (Å²) in [5.41, 5.74) is 0.786. The third-order valence-corrected chi connectivity index (χ3v) is 5.33. The molecule has 1 atom stereocenters. The topological polar surface area (TPSA) is 45.1 Å². The van der Waals surface area contributed by atoms with E-state index in [0.717, 1.165) is 15.6 Å². The fourth-order valence-electron chi connectivity index (χ4n) is 1.96. The molecule has 19 heavy (non-hydrogen) atoms. The van der Waals surface area contributed by atoms with Gasteiger partial charge in [0.2, 0.25) is 0 Å². The number of thiazole rings is 1. The van der Waals surface area contributed by atoms with Crippen molar-refractivity contribution in [2.24, 2.45) is 0 Å². The molecule has 1 aromatic carbocycles. The van der Waals surface area contributed by atoms with E-state index in [-0.39, 0.29) is 12.1 Å². The van der Waals surface area contributed by atoms with Crippen molar-refractivity contribution in [1.82, 2.24) is 10.3 Å². The molecule has 104 valence electrons. The van der Waals surface area contributed by atoms with E-state index < -0.39 is 0 Å². The normalized spacial score (nSPS) is 15.0. The van der Waals surface area contributed by atoms with E-state index in [0.29, 0.717) is 6.04 Å². The van der Waals surface area contributed by atoms with Crippen LogP contribution in [0.1, 0.15) is 20.8 Å². The summed E-state index contributed by atoms with van der Waals surface area (Å²) in [6.07, 6.45) is 0. The lowest BCUT2D eigenvalue weighted by molar-refractivity contribution is 0.183. The zero-order chi connectivity index (χ0) is 13.9. The average Bonchev–Trinajstić information content (AvgIpc) is 2.78. The summed E-state index contributed by atoms with van der Waals surface area (Å²) >= 11 is 3.41. The molecule has 0 saturated heterocycles. The quantitative estimate of drug-likeness (QED) is 0.804. The molecular weight excluding hydrogens is 276 g/mol. The van der Waals surface area contributed by atoms with Gasteiger partial charge in [-0.1, -0.05) is 37.7 Å². The highest BCUT2D eigenvalue weighted by Gasteiger charge is 2.24. The van der Waals surface area contributed by atoms with Gasteiger partial charge in [-0.15, -0.1) is 11.3 Å². The van der Waals surface area contributed by atoms with Crippen molar-refractivity contribution in [3.8, 4) is 0 Å². The fraction of sp³-hybridized carbons (Fsp3) is 0.500. The summed E-state index contributed by atoms with van der Waals surface area (Å²) < 4.78 is 2.28. The zero-order valence-electron chi connectivity index (χ0n) is 11.5. The third kappa shape index (κ3) is 3.92. The van der Waals surface area contributed by atoms with Crippen LogP contribution in [-0.2, 0) is 0 Å². The molecule has 0 aliphatic heterocycles. The molecule has 0 amide bonds. The van der Waals surface area contributed by atoms with E-state index in [1.807, 2.05) is 25.1 Å². The first-order valence-corrected chi connectivity index (χ1v) is 8.19. The number of hydrogen-bond acceptors (Lipinski definition) is 5. The van der Waals surface area contributed by atoms with Gasteiger partial charge in [-0.25, -0.2) is 4.98 Å². The Morgan fingerprint density at radius 1 is 1.42 bits per heavy atom. The van der Waals surface area contributed by atoms with Crippen LogP contribution in [0.3, 0.4) is 0 Å². The number of aliphatic hydroxyl groups excluding tert-OH is 1. The van der Waals surface area contributed by atoms with Gasteiger partial charge < -0.3 is 10.4 Å². The maximum absolute atomic E-state index is 9.56. The van der Waals surface area contributed by atoms with Crippen molar-refractivity contribution in [3.63, 3.8) is 0 Å². The molecule has 0 aliphatic rings. The molecule has 2 rings (SSSR count). The molecule has 0 fully saturated rings. The lowest BCUT2D eigenvalue weighted by atomic mass is 10.1. The van der Waals surface area contributed by atoms with E-state index in [4.69, 9.17) is 0 Å². The van der Waals surface area contributed by atoms with Gasteiger partial charge in [0, 0.05) is 17.3 Å². The monoisotopic (exact) mass is 296 g/mol. The van der Waals surface area contributed by atoms with Crippen molar-refractivity contribution in [1.29, 1.82) is 0 Å². The van der Waals surface area contributed by atoms with E-state index in [9.17, 15) is 5.11 Å². The third-order valence-electron chi connectivity index (χ3n) is 2.77. The van der Waals surface area contributed by atoms with Crippen molar-refractivity contribution in [2.45, 2.75) is 36.7 Å². The fourth-order valence-corrected chi connectivity index (χ4v) is 4.12. The van der Waals surface area contributed by atoms with Crippen molar-refractivity contribution in [2.75, 3.05) is 12.4 Å². The molecular formula is C14H20N2OS2. The van der Waals surface area contributed by atoms with E-state index in [2.05, 4.69) is 30.2 Å². The summed E-state index contributed by atoms with van der Waals surface area (Å²) in [6, 6.07) is 8.53. The zero-order valence-corrected chi connectivity index (χ0v) is 13.1. The Morgan fingerprint density at radius 3 is 2.79 bits per heavy atom. The van der Waals surface area contributed by atoms with Gasteiger partial charge in [0.15, 0.2) is 4.34 Å². The largest absolute Gasteiger partial charge is 0.394 e. The molecule has 1 aromatic heterocycles. The standard InChI is InChI=1S/C14H20N2OS2/c1-10(2)16-14(3,8-17)9-18-13-15-11-6-4-5-7-12(11)19-13/h4-7,10,16-17H,8-9H2,1-3H3. The summed E-state index contributed by atoms with van der Waals surface area (Å²) in [6.45, 7) is 6.36. The lowest BCUT2D eigenvalue weighted by Gasteiger charge is -2.30. The maximum Gasteiger partial charge on any atom is 0.151 e. The van der Waals surface area contributed by atoms with Crippen LogP contribution in [0, 0.1) is 0 Å². The van der Waals surface area contributed by atoms with Gasteiger partial charge in [-0.05, 0) is 19.1 Å². The number of aromatic nitrogens is 1. The minimum atomic E-state index is -0.267. The Balaban J connectivity index is 2.04. The Morgan fingerprint density at radius 2 is 2.16 bits per heavy atom. The first-order valence-electron chi connectivity index (χ1n) is 6.39. The van der Waals surface area contributed by atoms with Gasteiger partial charge >= 0.3 is 0 Å². The Hall–Kier alpha value is -0.620. The first-order chi connectivity index (χ1) is 9.02. The number of nitrogens with one attached hydrogen (secondary N) is 1. The molecule has 0 radical (unpaired) electrons. The second-order valence-electron chi connectivity index (χ2n) is 5.25. The van der Waals surface area contributed by atoms with Crippen LogP contribution >= 0.6 is 23.1 Å². The van der Waals surface area contributed by atoms with Gasteiger partial charge in [-0.2, -0.15) is 0 Å². The van der Waals surface area contributed by atoms with Crippen molar-refractivity contribution < 1.29 is 5.11 Å². The summed E-state index contributed by atoms with van der Waals surface area (Å²) in [5, 5.41) is 13.0. The number of hydrogen-bond donors (Lipinski definition) is 2. The van der Waals surface area contributed by atoms with Gasteiger partial charge in [-0.3, -0.25) is 0 Å². The van der Waals surface area contributed by atoms with E-state index in [1.165, 1.54) is 4.70 Å². The predicted molar refractivity (Wildman–Crippen MR) is 84.1 cm³/mol. The molecule has 5 heteroatoms. The van der Waals surface area contributed by atoms with Crippen LogP contribution in [0.25, 0.3) is 10.2 Å². The lowest BCUT2D eigenvalue weighted by Crippen LogP contribution is -2.51. The highest BCUT2D eigenvalue weighted by Crippen LogP contribution is 2.31. The van der Waals surface area contributed by atoms with Crippen LogP contribution in [0.5, 0.6) is 0 Å². The highest BCUT2D eigenvalue weighted by molar-refractivity contribution is 8.01. The summed E-state index contributed by atoms with van der Waals surface area (Å²) in [5.74, 6) is 0.807. The molecule has 0 aliphatic carbocycles.